The van der Waals surface area contributed by atoms with Crippen LogP contribution in [0.2, 0.25) is 0 Å². The van der Waals surface area contributed by atoms with Crippen molar-refractivity contribution in [2.75, 3.05) is 52.6 Å². The van der Waals surface area contributed by atoms with Gasteiger partial charge in [0.05, 0.1) is 12.5 Å². The van der Waals surface area contributed by atoms with Gasteiger partial charge >= 0.3 is 5.97 Å². The number of piperidine rings is 1. The van der Waals surface area contributed by atoms with Crippen molar-refractivity contribution >= 4 is 29.6 Å². The SMILES string of the molecule is CCOC(=O)C1CCN(C(=NCC(=O)N(C)C)NCCSc2ccccc2)CC1. The molecule has 0 unspecified atom stereocenters. The number of ether oxygens (including phenoxy) is 1. The third kappa shape index (κ3) is 7.97. The van der Waals surface area contributed by atoms with Crippen molar-refractivity contribution in [3.8, 4) is 0 Å². The van der Waals surface area contributed by atoms with Gasteiger partial charge in [0.15, 0.2) is 5.96 Å². The van der Waals surface area contributed by atoms with Crippen LogP contribution in [0, 0.1) is 5.92 Å². The second kappa shape index (κ2) is 12.4. The Balaban J connectivity index is 1.90. The van der Waals surface area contributed by atoms with E-state index in [2.05, 4.69) is 27.3 Å². The van der Waals surface area contributed by atoms with Crippen LogP contribution in [0.15, 0.2) is 40.2 Å². The number of rotatable bonds is 8. The second-order valence-electron chi connectivity index (χ2n) is 7.03. The van der Waals surface area contributed by atoms with Crippen molar-refractivity contribution in [1.82, 2.24) is 15.1 Å². The maximum absolute atomic E-state index is 12.0. The Kier molecular flexibility index (Phi) is 9.83. The Hall–Kier alpha value is -2.22. The van der Waals surface area contributed by atoms with Crippen molar-refractivity contribution < 1.29 is 14.3 Å². The van der Waals surface area contributed by atoms with Gasteiger partial charge in [-0.25, -0.2) is 4.99 Å². The van der Waals surface area contributed by atoms with E-state index in [0.717, 1.165) is 44.2 Å². The molecule has 0 atom stereocenters. The Morgan fingerprint density at radius 3 is 2.55 bits per heavy atom. The molecule has 0 radical (unpaired) electrons. The number of likely N-dealkylation sites (N-methyl/N-ethyl adjacent to an activating group) is 1. The number of benzene rings is 1. The van der Waals surface area contributed by atoms with E-state index in [0.29, 0.717) is 6.61 Å². The summed E-state index contributed by atoms with van der Waals surface area (Å²) in [6.07, 6.45) is 1.47. The molecule has 1 aliphatic rings. The maximum Gasteiger partial charge on any atom is 0.309 e. The molecule has 2 rings (SSSR count). The summed E-state index contributed by atoms with van der Waals surface area (Å²) in [5.74, 6) is 1.43. The van der Waals surface area contributed by atoms with E-state index in [9.17, 15) is 9.59 Å². The Morgan fingerprint density at radius 1 is 1.24 bits per heavy atom. The van der Waals surface area contributed by atoms with Gasteiger partial charge in [-0.05, 0) is 31.9 Å². The summed E-state index contributed by atoms with van der Waals surface area (Å²) in [7, 11) is 3.46. The summed E-state index contributed by atoms with van der Waals surface area (Å²) < 4.78 is 5.15. The van der Waals surface area contributed by atoms with E-state index in [1.54, 1.807) is 30.8 Å². The molecular weight excluding hydrogens is 388 g/mol. The average Bonchev–Trinajstić information content (AvgIpc) is 2.74. The average molecular weight is 421 g/mol. The van der Waals surface area contributed by atoms with Gasteiger partial charge in [-0.1, -0.05) is 18.2 Å². The monoisotopic (exact) mass is 420 g/mol. The number of amides is 1. The van der Waals surface area contributed by atoms with Crippen LogP contribution in [-0.2, 0) is 14.3 Å². The van der Waals surface area contributed by atoms with E-state index in [-0.39, 0.29) is 24.3 Å². The molecule has 29 heavy (non-hydrogen) atoms. The molecule has 0 bridgehead atoms. The highest BCUT2D eigenvalue weighted by Crippen LogP contribution is 2.19. The fourth-order valence-electron chi connectivity index (χ4n) is 2.99. The predicted octanol–water partition coefficient (Wildman–Crippen LogP) is 2.09. The first-order chi connectivity index (χ1) is 14.0. The van der Waals surface area contributed by atoms with Crippen molar-refractivity contribution in [3.63, 3.8) is 0 Å². The minimum absolute atomic E-state index is 0.0376. The van der Waals surface area contributed by atoms with Crippen LogP contribution in [0.25, 0.3) is 0 Å². The normalized spacial score (nSPS) is 15.1. The summed E-state index contributed by atoms with van der Waals surface area (Å²) in [5, 5.41) is 3.39. The molecule has 1 aliphatic heterocycles. The van der Waals surface area contributed by atoms with Gasteiger partial charge in [0, 0.05) is 44.4 Å². The van der Waals surface area contributed by atoms with E-state index in [1.807, 2.05) is 25.1 Å². The van der Waals surface area contributed by atoms with Gasteiger partial charge in [-0.15, -0.1) is 11.8 Å². The van der Waals surface area contributed by atoms with Crippen molar-refractivity contribution in [2.24, 2.45) is 10.9 Å². The van der Waals surface area contributed by atoms with Crippen LogP contribution in [0.1, 0.15) is 19.8 Å². The molecule has 1 N–H and O–H groups in total. The third-order valence-electron chi connectivity index (χ3n) is 4.67. The maximum atomic E-state index is 12.0. The van der Waals surface area contributed by atoms with Gasteiger partial charge in [0.2, 0.25) is 5.91 Å². The zero-order valence-electron chi connectivity index (χ0n) is 17.6. The van der Waals surface area contributed by atoms with E-state index in [4.69, 9.17) is 4.74 Å². The summed E-state index contributed by atoms with van der Waals surface area (Å²) in [6.45, 7) is 4.54. The van der Waals surface area contributed by atoms with E-state index < -0.39 is 0 Å². The lowest BCUT2D eigenvalue weighted by atomic mass is 9.97. The van der Waals surface area contributed by atoms with Gasteiger partial charge < -0.3 is 19.9 Å². The topological polar surface area (TPSA) is 74.2 Å². The highest BCUT2D eigenvalue weighted by atomic mass is 32.2. The Bertz CT molecular complexity index is 674. The highest BCUT2D eigenvalue weighted by molar-refractivity contribution is 7.99. The number of hydrogen-bond donors (Lipinski definition) is 1. The van der Waals surface area contributed by atoms with Crippen molar-refractivity contribution in [3.05, 3.63) is 30.3 Å². The fourth-order valence-corrected chi connectivity index (χ4v) is 3.78. The molecule has 1 aromatic rings. The minimum atomic E-state index is -0.111. The number of likely N-dealkylation sites (tertiary alicyclic amines) is 1. The zero-order chi connectivity index (χ0) is 21.1. The standard InChI is InChI=1S/C21H32N4O3S/c1-4-28-20(27)17-10-13-25(14-11-17)21(23-16-19(26)24(2)3)22-12-15-29-18-8-6-5-7-9-18/h5-9,17H,4,10-16H2,1-3H3,(H,22,23). The molecule has 0 aromatic heterocycles. The molecule has 7 nitrogen and oxygen atoms in total. The lowest BCUT2D eigenvalue weighted by Gasteiger charge is -2.33. The number of thioether (sulfide) groups is 1. The summed E-state index contributed by atoms with van der Waals surface area (Å²) >= 11 is 1.78. The molecule has 0 saturated carbocycles. The number of guanidine groups is 1. The molecule has 1 aromatic carbocycles. The van der Waals surface area contributed by atoms with Gasteiger partial charge in [0.1, 0.15) is 6.54 Å². The van der Waals surface area contributed by atoms with Crippen molar-refractivity contribution in [2.45, 2.75) is 24.7 Å². The van der Waals surface area contributed by atoms with Crippen LogP contribution in [0.5, 0.6) is 0 Å². The molecule has 0 aliphatic carbocycles. The number of aliphatic imine (C=N–C) groups is 1. The molecule has 8 heteroatoms. The number of nitrogens with one attached hydrogen (secondary N) is 1. The van der Waals surface area contributed by atoms with Crippen LogP contribution >= 0.6 is 11.8 Å². The molecule has 1 heterocycles. The number of carbonyl (C=O) groups excluding carboxylic acids is 2. The lowest BCUT2D eigenvalue weighted by molar-refractivity contribution is -0.149. The van der Waals surface area contributed by atoms with Crippen LogP contribution in [0.3, 0.4) is 0 Å². The first-order valence-corrected chi connectivity index (χ1v) is 11.1. The first kappa shape index (κ1) is 23.1. The van der Waals surface area contributed by atoms with Crippen LogP contribution < -0.4 is 5.32 Å². The molecular formula is C21H32N4O3S. The fraction of sp³-hybridized carbons (Fsp3) is 0.571. The number of nitrogens with zero attached hydrogens (tertiary/aromatic N) is 3. The largest absolute Gasteiger partial charge is 0.466 e. The molecule has 160 valence electrons. The summed E-state index contributed by atoms with van der Waals surface area (Å²) in [6, 6.07) is 10.3. The summed E-state index contributed by atoms with van der Waals surface area (Å²) in [4.78, 5) is 33.4. The van der Waals surface area contributed by atoms with E-state index >= 15 is 0 Å². The third-order valence-corrected chi connectivity index (χ3v) is 5.69. The number of hydrogen-bond acceptors (Lipinski definition) is 5. The van der Waals surface area contributed by atoms with Gasteiger partial charge in [-0.2, -0.15) is 0 Å². The summed E-state index contributed by atoms with van der Waals surface area (Å²) in [5.41, 5.74) is 0. The van der Waals surface area contributed by atoms with Crippen molar-refractivity contribution in [1.29, 1.82) is 0 Å². The first-order valence-electron chi connectivity index (χ1n) is 10.1. The Labute approximate surface area is 177 Å². The van der Waals surface area contributed by atoms with E-state index in [1.165, 1.54) is 4.90 Å². The van der Waals surface area contributed by atoms with Gasteiger partial charge in [-0.3, -0.25) is 9.59 Å². The van der Waals surface area contributed by atoms with Crippen LogP contribution in [0.4, 0.5) is 0 Å². The lowest BCUT2D eigenvalue weighted by Crippen LogP contribution is -2.47. The molecule has 1 amide bonds. The number of esters is 1. The molecule has 0 spiro atoms. The molecule has 1 saturated heterocycles. The van der Waals surface area contributed by atoms with Gasteiger partial charge in [0.25, 0.3) is 0 Å². The van der Waals surface area contributed by atoms with Crippen LogP contribution in [-0.4, -0.2) is 80.3 Å². The minimum Gasteiger partial charge on any atom is -0.466 e. The quantitative estimate of drug-likeness (QED) is 0.228. The highest BCUT2D eigenvalue weighted by Gasteiger charge is 2.27. The smallest absolute Gasteiger partial charge is 0.309 e. The Morgan fingerprint density at radius 2 is 1.93 bits per heavy atom. The number of carbonyl (C=O) groups is 2. The second-order valence-corrected chi connectivity index (χ2v) is 8.20. The molecule has 1 fully saturated rings. The zero-order valence-corrected chi connectivity index (χ0v) is 18.4. The predicted molar refractivity (Wildman–Crippen MR) is 117 cm³/mol.